The van der Waals surface area contributed by atoms with Crippen molar-refractivity contribution in [1.82, 2.24) is 4.90 Å². The van der Waals surface area contributed by atoms with Crippen LogP contribution in [0.5, 0.6) is 0 Å². The quantitative estimate of drug-likeness (QED) is 0.820. The number of carbonyl (C=O) groups is 1. The third-order valence-electron chi connectivity index (χ3n) is 4.23. The van der Waals surface area contributed by atoms with Gasteiger partial charge in [-0.15, -0.1) is 0 Å². The SMILES string of the molecule is CCCC1(C(=O)O)CCCN(Cc2ccc(Cl)c(Br)c2)C1. The molecular weight excluding hydrogens is 354 g/mol. The Morgan fingerprint density at radius 3 is 2.90 bits per heavy atom. The molecular formula is C16H21BrClNO2. The molecule has 1 aromatic carbocycles. The number of halogens is 2. The zero-order valence-corrected chi connectivity index (χ0v) is 14.6. The van der Waals surface area contributed by atoms with E-state index >= 15 is 0 Å². The second kappa shape index (κ2) is 7.12. The Balaban J connectivity index is 2.09. The fourth-order valence-electron chi connectivity index (χ4n) is 3.22. The largest absolute Gasteiger partial charge is 0.481 e. The molecule has 1 aliphatic rings. The van der Waals surface area contributed by atoms with E-state index in [2.05, 4.69) is 27.8 Å². The van der Waals surface area contributed by atoms with E-state index in [0.717, 1.165) is 48.8 Å². The maximum atomic E-state index is 11.7. The van der Waals surface area contributed by atoms with Crippen molar-refractivity contribution >= 4 is 33.5 Å². The molecule has 1 atom stereocenters. The maximum absolute atomic E-state index is 11.7. The fourth-order valence-corrected chi connectivity index (χ4v) is 3.77. The second-order valence-electron chi connectivity index (χ2n) is 5.90. The summed E-state index contributed by atoms with van der Waals surface area (Å²) < 4.78 is 0.886. The highest BCUT2D eigenvalue weighted by molar-refractivity contribution is 9.10. The lowest BCUT2D eigenvalue weighted by molar-refractivity contribution is -0.153. The maximum Gasteiger partial charge on any atom is 0.310 e. The smallest absolute Gasteiger partial charge is 0.310 e. The van der Waals surface area contributed by atoms with E-state index in [1.54, 1.807) is 0 Å². The minimum absolute atomic E-state index is 0.573. The first-order valence-electron chi connectivity index (χ1n) is 7.36. The Morgan fingerprint density at radius 1 is 1.52 bits per heavy atom. The highest BCUT2D eigenvalue weighted by Gasteiger charge is 2.41. The van der Waals surface area contributed by atoms with Crippen molar-refractivity contribution in [2.24, 2.45) is 5.41 Å². The number of carboxylic acids is 1. The molecule has 1 aromatic rings. The molecule has 0 spiro atoms. The van der Waals surface area contributed by atoms with Crippen LogP contribution in [0, 0.1) is 5.41 Å². The van der Waals surface area contributed by atoms with Crippen LogP contribution in [0.1, 0.15) is 38.2 Å². The summed E-state index contributed by atoms with van der Waals surface area (Å²) in [5.41, 5.74) is 0.584. The first-order valence-corrected chi connectivity index (χ1v) is 8.53. The number of aliphatic carboxylic acids is 1. The molecule has 0 aliphatic carbocycles. The first-order chi connectivity index (χ1) is 9.97. The molecule has 21 heavy (non-hydrogen) atoms. The standard InChI is InChI=1S/C16H21BrClNO2/c1-2-6-16(15(20)21)7-3-8-19(11-16)10-12-4-5-14(18)13(17)9-12/h4-5,9H,2-3,6-8,10-11H2,1H3,(H,20,21). The number of nitrogens with zero attached hydrogens (tertiary/aromatic N) is 1. The molecule has 1 N–H and O–H groups in total. The van der Waals surface area contributed by atoms with Gasteiger partial charge in [-0.2, -0.15) is 0 Å². The predicted molar refractivity (Wildman–Crippen MR) is 88.6 cm³/mol. The molecule has 1 fully saturated rings. The summed E-state index contributed by atoms with van der Waals surface area (Å²) in [5.74, 6) is -0.647. The Morgan fingerprint density at radius 2 is 2.29 bits per heavy atom. The highest BCUT2D eigenvalue weighted by atomic mass is 79.9. The second-order valence-corrected chi connectivity index (χ2v) is 7.16. The summed E-state index contributed by atoms with van der Waals surface area (Å²) in [7, 11) is 0. The van der Waals surface area contributed by atoms with Crippen molar-refractivity contribution in [1.29, 1.82) is 0 Å². The average molecular weight is 375 g/mol. The van der Waals surface area contributed by atoms with Gasteiger partial charge in [-0.1, -0.05) is 31.0 Å². The van der Waals surface area contributed by atoms with Gasteiger partial charge in [0, 0.05) is 17.6 Å². The van der Waals surface area contributed by atoms with Gasteiger partial charge in [0.1, 0.15) is 0 Å². The topological polar surface area (TPSA) is 40.5 Å². The molecule has 0 saturated carbocycles. The van der Waals surface area contributed by atoms with Crippen LogP contribution in [0.4, 0.5) is 0 Å². The molecule has 1 saturated heterocycles. The Labute approximate surface area is 139 Å². The van der Waals surface area contributed by atoms with Crippen LogP contribution >= 0.6 is 27.5 Å². The average Bonchev–Trinajstić information content (AvgIpc) is 2.43. The van der Waals surface area contributed by atoms with Crippen molar-refractivity contribution in [3.8, 4) is 0 Å². The summed E-state index contributed by atoms with van der Waals surface area (Å²) in [4.78, 5) is 14.0. The van der Waals surface area contributed by atoms with Crippen molar-refractivity contribution < 1.29 is 9.90 Å². The van der Waals surface area contributed by atoms with Gasteiger partial charge in [-0.05, 0) is 59.4 Å². The molecule has 2 rings (SSSR count). The summed E-state index contributed by atoms with van der Waals surface area (Å²) in [6, 6.07) is 5.89. The molecule has 5 heteroatoms. The van der Waals surface area contributed by atoms with E-state index in [1.165, 1.54) is 0 Å². The number of hydrogen-bond acceptors (Lipinski definition) is 2. The van der Waals surface area contributed by atoms with E-state index in [0.29, 0.717) is 11.6 Å². The van der Waals surface area contributed by atoms with Gasteiger partial charge in [-0.25, -0.2) is 0 Å². The molecule has 1 aliphatic heterocycles. The monoisotopic (exact) mass is 373 g/mol. The molecule has 0 amide bonds. The lowest BCUT2D eigenvalue weighted by Gasteiger charge is -2.40. The van der Waals surface area contributed by atoms with Crippen molar-refractivity contribution in [2.45, 2.75) is 39.2 Å². The number of hydrogen-bond donors (Lipinski definition) is 1. The van der Waals surface area contributed by atoms with Crippen molar-refractivity contribution in [2.75, 3.05) is 13.1 Å². The zero-order valence-electron chi connectivity index (χ0n) is 12.2. The number of likely N-dealkylation sites (tertiary alicyclic amines) is 1. The molecule has 3 nitrogen and oxygen atoms in total. The van der Waals surface area contributed by atoms with E-state index in [1.807, 2.05) is 18.2 Å². The van der Waals surface area contributed by atoms with Gasteiger partial charge >= 0.3 is 5.97 Å². The lowest BCUT2D eigenvalue weighted by atomic mass is 9.76. The van der Waals surface area contributed by atoms with E-state index in [4.69, 9.17) is 11.6 Å². The minimum Gasteiger partial charge on any atom is -0.481 e. The van der Waals surface area contributed by atoms with Gasteiger partial charge < -0.3 is 5.11 Å². The summed E-state index contributed by atoms with van der Waals surface area (Å²) in [6.07, 6.45) is 3.40. The van der Waals surface area contributed by atoms with Crippen LogP contribution in [0.25, 0.3) is 0 Å². The summed E-state index contributed by atoms with van der Waals surface area (Å²) in [5, 5.41) is 10.3. The van der Waals surface area contributed by atoms with Crippen LogP contribution in [0.2, 0.25) is 5.02 Å². The van der Waals surface area contributed by atoms with Crippen LogP contribution in [0.15, 0.2) is 22.7 Å². The summed E-state index contributed by atoms with van der Waals surface area (Å²) in [6.45, 7) is 4.42. The zero-order chi connectivity index (χ0) is 15.5. The molecule has 0 aromatic heterocycles. The van der Waals surface area contributed by atoms with Crippen LogP contribution in [-0.2, 0) is 11.3 Å². The number of rotatable bonds is 5. The molecule has 0 bridgehead atoms. The number of piperidine rings is 1. The highest BCUT2D eigenvalue weighted by Crippen LogP contribution is 2.36. The Kier molecular flexibility index (Phi) is 5.69. The van der Waals surface area contributed by atoms with E-state index < -0.39 is 11.4 Å². The Hall–Kier alpha value is -0.580. The van der Waals surface area contributed by atoms with Gasteiger partial charge in [0.05, 0.1) is 10.4 Å². The van der Waals surface area contributed by atoms with Crippen LogP contribution in [0.3, 0.4) is 0 Å². The van der Waals surface area contributed by atoms with Gasteiger partial charge in [0.2, 0.25) is 0 Å². The fraction of sp³-hybridized carbons (Fsp3) is 0.562. The van der Waals surface area contributed by atoms with Crippen molar-refractivity contribution in [3.05, 3.63) is 33.3 Å². The van der Waals surface area contributed by atoms with E-state index in [-0.39, 0.29) is 0 Å². The third-order valence-corrected chi connectivity index (χ3v) is 5.44. The molecule has 1 unspecified atom stereocenters. The van der Waals surface area contributed by atoms with Crippen molar-refractivity contribution in [3.63, 3.8) is 0 Å². The van der Waals surface area contributed by atoms with Gasteiger partial charge in [-0.3, -0.25) is 9.69 Å². The molecule has 0 radical (unpaired) electrons. The number of carboxylic acid groups (broad SMARTS) is 1. The molecule has 1 heterocycles. The minimum atomic E-state index is -0.647. The first kappa shape index (κ1) is 16.8. The van der Waals surface area contributed by atoms with E-state index in [9.17, 15) is 9.90 Å². The third kappa shape index (κ3) is 3.99. The lowest BCUT2D eigenvalue weighted by Crippen LogP contribution is -2.47. The molecule has 116 valence electrons. The van der Waals surface area contributed by atoms with Gasteiger partial charge in [0.15, 0.2) is 0 Å². The van der Waals surface area contributed by atoms with Crippen LogP contribution in [-0.4, -0.2) is 29.1 Å². The summed E-state index contributed by atoms with van der Waals surface area (Å²) >= 11 is 9.45. The Bertz CT molecular complexity index is 519. The predicted octanol–water partition coefficient (Wildman–Crippen LogP) is 4.57. The van der Waals surface area contributed by atoms with Gasteiger partial charge in [0.25, 0.3) is 0 Å². The van der Waals surface area contributed by atoms with Crippen LogP contribution < -0.4 is 0 Å². The number of benzene rings is 1. The normalized spacial score (nSPS) is 23.2.